The first-order valence-corrected chi connectivity index (χ1v) is 19.1. The van der Waals surface area contributed by atoms with Crippen molar-refractivity contribution in [2.45, 2.75) is 47.1 Å². The number of nitrogens with zero attached hydrogens (tertiary/aromatic N) is 1. The molecule has 0 unspecified atom stereocenters. The summed E-state index contributed by atoms with van der Waals surface area (Å²) in [6.45, 7) is 0.172. The minimum atomic E-state index is -2.04. The van der Waals surface area contributed by atoms with E-state index in [2.05, 4.69) is 11.4 Å². The second kappa shape index (κ2) is 16.9. The number of rotatable bonds is 11. The van der Waals surface area contributed by atoms with Gasteiger partial charge < -0.3 is 24.3 Å². The van der Waals surface area contributed by atoms with E-state index in [0.717, 1.165) is 56.0 Å². The molecular weight excluding hydrogens is 751 g/mol. The van der Waals surface area contributed by atoms with E-state index in [1.807, 2.05) is 127 Å². The maximum absolute atomic E-state index is 12.1. The minimum Gasteiger partial charge on any atom is -0.431 e. The van der Waals surface area contributed by atoms with Gasteiger partial charge in [0.05, 0.1) is 18.8 Å². The van der Waals surface area contributed by atoms with Gasteiger partial charge in [0.15, 0.2) is 12.1 Å². The van der Waals surface area contributed by atoms with Crippen molar-refractivity contribution in [2.75, 3.05) is 5.75 Å². The number of aromatic nitrogens is 1. The molecule has 1 aliphatic rings. The molecular formula is C42H35Cl3N2O5S. The standard InChI is InChI=1S/C42H35Cl3N2O5S/c43-42(44,45)40(49)46-24-28-9-7-14-32(21-28)33-15-8-16-34(22-33)39-50-35(23-36(51-39)29-19-17-27(25-48)18-20-29)26-53-41-47-37(30-10-3-1-4-11-30)38(52-41)31-12-5-2-6-13-31/h1-22,35-36,39,48H,23-26H2,(H,46,49)/t35-,36+,39+/m1/s1. The first-order chi connectivity index (χ1) is 25.7. The molecule has 3 atom stereocenters. The molecule has 270 valence electrons. The van der Waals surface area contributed by atoms with Crippen LogP contribution in [-0.4, -0.2) is 31.6 Å². The summed E-state index contributed by atoms with van der Waals surface area (Å²) in [5, 5.41) is 12.9. The molecule has 2 heterocycles. The molecule has 0 radical (unpaired) electrons. The highest BCUT2D eigenvalue weighted by Gasteiger charge is 2.33. The van der Waals surface area contributed by atoms with Gasteiger partial charge in [-0.05, 0) is 39.9 Å². The zero-order valence-electron chi connectivity index (χ0n) is 28.3. The van der Waals surface area contributed by atoms with Crippen LogP contribution in [0.15, 0.2) is 143 Å². The van der Waals surface area contributed by atoms with Gasteiger partial charge in [-0.2, -0.15) is 0 Å². The van der Waals surface area contributed by atoms with E-state index in [1.165, 1.54) is 11.8 Å². The highest BCUT2D eigenvalue weighted by atomic mass is 35.6. The molecule has 1 fully saturated rings. The molecule has 6 aromatic rings. The number of hydrogen-bond acceptors (Lipinski definition) is 7. The highest BCUT2D eigenvalue weighted by molar-refractivity contribution is 7.99. The Labute approximate surface area is 327 Å². The molecule has 7 rings (SSSR count). The summed E-state index contributed by atoms with van der Waals surface area (Å²) >= 11 is 18.7. The summed E-state index contributed by atoms with van der Waals surface area (Å²) in [6.07, 6.45) is -0.513. The van der Waals surface area contributed by atoms with Crippen LogP contribution in [0.1, 0.15) is 41.1 Å². The first-order valence-electron chi connectivity index (χ1n) is 17.0. The van der Waals surface area contributed by atoms with Crippen LogP contribution in [0.25, 0.3) is 33.7 Å². The van der Waals surface area contributed by atoms with Gasteiger partial charge in [-0.25, -0.2) is 4.98 Å². The van der Waals surface area contributed by atoms with E-state index >= 15 is 0 Å². The number of oxazole rings is 1. The van der Waals surface area contributed by atoms with Crippen LogP contribution in [0.4, 0.5) is 0 Å². The molecule has 0 aliphatic carbocycles. The average Bonchev–Trinajstić information content (AvgIpc) is 3.64. The molecule has 1 amide bonds. The number of ether oxygens (including phenoxy) is 2. The Morgan fingerprint density at radius 2 is 1.42 bits per heavy atom. The van der Waals surface area contributed by atoms with Gasteiger partial charge >= 0.3 is 0 Å². The molecule has 11 heteroatoms. The van der Waals surface area contributed by atoms with E-state index in [1.54, 1.807) is 0 Å². The third-order valence-electron chi connectivity index (χ3n) is 8.83. The third-order valence-corrected chi connectivity index (χ3v) is 10.3. The fourth-order valence-corrected chi connectivity index (χ4v) is 7.18. The fraction of sp³-hybridized carbons (Fsp3) is 0.190. The topological polar surface area (TPSA) is 93.8 Å². The lowest BCUT2D eigenvalue weighted by atomic mass is 9.99. The second-order valence-electron chi connectivity index (χ2n) is 12.6. The number of benzene rings is 5. The number of halogens is 3. The lowest BCUT2D eigenvalue weighted by Gasteiger charge is -2.36. The summed E-state index contributed by atoms with van der Waals surface area (Å²) < 4.78 is 17.7. The van der Waals surface area contributed by atoms with Gasteiger partial charge in [0.2, 0.25) is 0 Å². The van der Waals surface area contributed by atoms with Crippen LogP contribution in [0.5, 0.6) is 0 Å². The van der Waals surface area contributed by atoms with E-state index in [-0.39, 0.29) is 25.4 Å². The molecule has 0 bridgehead atoms. The summed E-state index contributed by atoms with van der Waals surface area (Å²) in [7, 11) is 0. The molecule has 2 N–H and O–H groups in total. The first kappa shape index (κ1) is 37.2. The van der Waals surface area contributed by atoms with E-state index in [0.29, 0.717) is 17.4 Å². The predicted octanol–water partition coefficient (Wildman–Crippen LogP) is 10.5. The lowest BCUT2D eigenvalue weighted by molar-refractivity contribution is -0.245. The van der Waals surface area contributed by atoms with Crippen molar-refractivity contribution in [1.82, 2.24) is 10.3 Å². The van der Waals surface area contributed by atoms with E-state index < -0.39 is 16.0 Å². The Bertz CT molecular complexity index is 2090. The van der Waals surface area contributed by atoms with Crippen molar-refractivity contribution in [1.29, 1.82) is 0 Å². The molecule has 7 nitrogen and oxygen atoms in total. The summed E-state index contributed by atoms with van der Waals surface area (Å²) in [4.78, 5) is 17.0. The Morgan fingerprint density at radius 3 is 2.11 bits per heavy atom. The third kappa shape index (κ3) is 9.34. The Balaban J connectivity index is 1.13. The van der Waals surface area contributed by atoms with Gasteiger partial charge in [-0.15, -0.1) is 0 Å². The Kier molecular flexibility index (Phi) is 11.9. The van der Waals surface area contributed by atoms with Crippen LogP contribution in [0.2, 0.25) is 0 Å². The summed E-state index contributed by atoms with van der Waals surface area (Å²) in [6, 6.07) is 43.7. The van der Waals surface area contributed by atoms with Crippen LogP contribution in [0.3, 0.4) is 0 Å². The van der Waals surface area contributed by atoms with Crippen molar-refractivity contribution in [3.8, 4) is 33.7 Å². The number of thioether (sulfide) groups is 1. The minimum absolute atomic E-state index is 0.0316. The van der Waals surface area contributed by atoms with Crippen LogP contribution in [-0.2, 0) is 27.4 Å². The zero-order chi connectivity index (χ0) is 36.8. The maximum Gasteiger partial charge on any atom is 0.272 e. The Morgan fingerprint density at radius 1 is 0.755 bits per heavy atom. The number of aliphatic hydroxyl groups is 1. The van der Waals surface area contributed by atoms with E-state index in [4.69, 9.17) is 53.7 Å². The van der Waals surface area contributed by atoms with Gasteiger partial charge in [-0.1, -0.05) is 168 Å². The van der Waals surface area contributed by atoms with E-state index in [9.17, 15) is 9.90 Å². The van der Waals surface area contributed by atoms with Crippen molar-refractivity contribution in [3.63, 3.8) is 0 Å². The average molecular weight is 786 g/mol. The van der Waals surface area contributed by atoms with Crippen LogP contribution >= 0.6 is 46.6 Å². The number of hydrogen-bond donors (Lipinski definition) is 2. The van der Waals surface area contributed by atoms with Crippen LogP contribution < -0.4 is 5.32 Å². The summed E-state index contributed by atoms with van der Waals surface area (Å²) in [5.41, 5.74) is 8.16. The largest absolute Gasteiger partial charge is 0.431 e. The quantitative estimate of drug-likeness (QED) is 0.0998. The smallest absolute Gasteiger partial charge is 0.272 e. The molecule has 0 spiro atoms. The number of nitrogens with one attached hydrogen (secondary N) is 1. The molecule has 1 aliphatic heterocycles. The molecule has 1 saturated heterocycles. The molecule has 1 aromatic heterocycles. The number of aliphatic hydroxyl groups excluding tert-OH is 1. The van der Waals surface area contributed by atoms with Gasteiger partial charge in [0, 0.05) is 35.4 Å². The summed E-state index contributed by atoms with van der Waals surface area (Å²) in [5.74, 6) is 0.613. The lowest BCUT2D eigenvalue weighted by Crippen LogP contribution is -2.33. The van der Waals surface area contributed by atoms with Crippen molar-refractivity contribution in [3.05, 3.63) is 156 Å². The normalized spacial score (nSPS) is 17.4. The number of carbonyl (C=O) groups is 1. The molecule has 5 aromatic carbocycles. The Hall–Kier alpha value is -4.12. The fourth-order valence-electron chi connectivity index (χ4n) is 6.13. The second-order valence-corrected chi connectivity index (χ2v) is 15.8. The maximum atomic E-state index is 12.1. The predicted molar refractivity (Wildman–Crippen MR) is 211 cm³/mol. The van der Waals surface area contributed by atoms with Gasteiger partial charge in [0.25, 0.3) is 14.9 Å². The van der Waals surface area contributed by atoms with Crippen LogP contribution in [0, 0.1) is 0 Å². The van der Waals surface area contributed by atoms with Crippen molar-refractivity contribution < 1.29 is 23.8 Å². The highest BCUT2D eigenvalue weighted by Crippen LogP contribution is 2.41. The number of amides is 1. The van der Waals surface area contributed by atoms with Crippen molar-refractivity contribution >= 4 is 52.5 Å². The molecule has 53 heavy (non-hydrogen) atoms. The SMILES string of the molecule is O=C(NCc1cccc(-c2cccc([C@H]3O[C@@H](CSc4nc(-c5ccccc5)c(-c5ccccc5)o4)C[C@@H](c4ccc(CO)cc4)O3)c2)c1)C(Cl)(Cl)Cl. The van der Waals surface area contributed by atoms with Gasteiger partial charge in [0.1, 0.15) is 5.69 Å². The van der Waals surface area contributed by atoms with Crippen molar-refractivity contribution in [2.24, 2.45) is 0 Å². The molecule has 0 saturated carbocycles. The number of alkyl halides is 3. The van der Waals surface area contributed by atoms with Gasteiger partial charge in [-0.3, -0.25) is 4.79 Å². The zero-order valence-corrected chi connectivity index (χ0v) is 31.4. The monoisotopic (exact) mass is 784 g/mol. The number of carbonyl (C=O) groups excluding carboxylic acids is 1.